The van der Waals surface area contributed by atoms with Crippen LogP contribution in [0, 0.1) is 0 Å². The molecule has 0 spiro atoms. The largest absolute Gasteiger partial charge is 0.493 e. The van der Waals surface area contributed by atoms with Crippen LogP contribution in [0.15, 0.2) is 52.6 Å². The summed E-state index contributed by atoms with van der Waals surface area (Å²) in [4.78, 5) is 39.7. The number of halogens is 4. The van der Waals surface area contributed by atoms with E-state index < -0.39 is 0 Å². The number of methoxy groups -OCH3 is 2. The molecule has 0 aliphatic heterocycles. The normalized spacial score (nSPS) is 11.3. The first-order valence-electron chi connectivity index (χ1n) is 11.0. The fourth-order valence-corrected chi connectivity index (χ4v) is 5.37. The van der Waals surface area contributed by atoms with Gasteiger partial charge < -0.3 is 9.47 Å². The van der Waals surface area contributed by atoms with Gasteiger partial charge in [0.25, 0.3) is 11.1 Å². The third kappa shape index (κ3) is 4.56. The van der Waals surface area contributed by atoms with E-state index in [0.29, 0.717) is 11.4 Å². The lowest BCUT2D eigenvalue weighted by Gasteiger charge is -2.12. The topological polar surface area (TPSA) is 101 Å². The number of hydrogen-bond acceptors (Lipinski definition) is 7. The molecule has 0 atom stereocenters. The fourth-order valence-electron chi connectivity index (χ4n) is 4.15. The molecule has 0 saturated carbocycles. The molecule has 0 radical (unpaired) electrons. The van der Waals surface area contributed by atoms with Gasteiger partial charge in [-0.2, -0.15) is 0 Å². The molecule has 0 unspecified atom stereocenters. The summed E-state index contributed by atoms with van der Waals surface area (Å²) in [6.45, 7) is 0.229. The Labute approximate surface area is 235 Å². The third-order valence-electron chi connectivity index (χ3n) is 5.86. The van der Waals surface area contributed by atoms with E-state index in [0.717, 1.165) is 0 Å². The van der Waals surface area contributed by atoms with Crippen LogP contribution in [0.3, 0.4) is 0 Å². The SMILES string of the molecule is COc1c(Cl)cc(Cl)c2c(=O)n(Cc3cccc(Cn4cnc5c(OC)c(Cl)cc(Cl)c5c4=O)n3)cnc12. The van der Waals surface area contributed by atoms with Crippen molar-refractivity contribution in [3.05, 3.63) is 95.2 Å². The van der Waals surface area contributed by atoms with Gasteiger partial charge in [0.2, 0.25) is 0 Å². The van der Waals surface area contributed by atoms with Gasteiger partial charge in [-0.1, -0.05) is 52.5 Å². The van der Waals surface area contributed by atoms with Gasteiger partial charge in [-0.3, -0.25) is 23.7 Å². The summed E-state index contributed by atoms with van der Waals surface area (Å²) in [5.41, 5.74) is 0.923. The molecule has 0 fully saturated rings. The van der Waals surface area contributed by atoms with Gasteiger partial charge in [0.05, 0.1) is 82.2 Å². The second-order valence-corrected chi connectivity index (χ2v) is 9.80. The smallest absolute Gasteiger partial charge is 0.263 e. The highest BCUT2D eigenvalue weighted by molar-refractivity contribution is 6.40. The number of benzene rings is 2. The molecule has 13 heteroatoms. The Morgan fingerprint density at radius 2 is 1.13 bits per heavy atom. The van der Waals surface area contributed by atoms with E-state index in [1.54, 1.807) is 18.2 Å². The summed E-state index contributed by atoms with van der Waals surface area (Å²) in [5, 5.41) is 1.22. The summed E-state index contributed by atoms with van der Waals surface area (Å²) in [6, 6.07) is 8.19. The van der Waals surface area contributed by atoms with Gasteiger partial charge in [0.1, 0.15) is 11.0 Å². The van der Waals surface area contributed by atoms with Crippen molar-refractivity contribution < 1.29 is 9.47 Å². The monoisotopic (exact) mass is 591 g/mol. The summed E-state index contributed by atoms with van der Waals surface area (Å²) in [7, 11) is 2.88. The third-order valence-corrected chi connectivity index (χ3v) is 7.02. The molecule has 9 nitrogen and oxygen atoms in total. The summed E-state index contributed by atoms with van der Waals surface area (Å²) in [6.07, 6.45) is 2.76. The van der Waals surface area contributed by atoms with E-state index in [4.69, 9.17) is 55.9 Å². The van der Waals surface area contributed by atoms with E-state index >= 15 is 0 Å². The van der Waals surface area contributed by atoms with Crippen molar-refractivity contribution in [3.8, 4) is 11.5 Å². The molecule has 0 saturated heterocycles. The average molecular weight is 593 g/mol. The first kappa shape index (κ1) is 26.2. The first-order chi connectivity index (χ1) is 18.2. The Hall–Kier alpha value is -3.37. The quantitative estimate of drug-likeness (QED) is 0.266. The predicted molar refractivity (Wildman–Crippen MR) is 148 cm³/mol. The van der Waals surface area contributed by atoms with Crippen LogP contribution >= 0.6 is 46.4 Å². The molecule has 5 aromatic rings. The highest BCUT2D eigenvalue weighted by atomic mass is 35.5. The van der Waals surface area contributed by atoms with Gasteiger partial charge in [0, 0.05) is 0 Å². The van der Waals surface area contributed by atoms with E-state index in [-0.39, 0.29) is 77.6 Å². The summed E-state index contributed by atoms with van der Waals surface area (Å²) in [5.74, 6) is 0.537. The Balaban J connectivity index is 1.49. The zero-order valence-electron chi connectivity index (χ0n) is 19.8. The molecule has 0 amide bonds. The zero-order chi connectivity index (χ0) is 27.1. The van der Waals surface area contributed by atoms with Gasteiger partial charge in [-0.05, 0) is 24.3 Å². The van der Waals surface area contributed by atoms with E-state index in [1.165, 1.54) is 48.1 Å². The van der Waals surface area contributed by atoms with Crippen molar-refractivity contribution in [3.63, 3.8) is 0 Å². The summed E-state index contributed by atoms with van der Waals surface area (Å²) >= 11 is 25.0. The number of nitrogens with zero attached hydrogens (tertiary/aromatic N) is 5. The molecule has 0 aliphatic carbocycles. The Morgan fingerprint density at radius 1 is 0.711 bits per heavy atom. The lowest BCUT2D eigenvalue weighted by molar-refractivity contribution is 0.419. The maximum absolute atomic E-state index is 13.2. The fraction of sp³-hybridized carbons (Fsp3) is 0.160. The number of pyridine rings is 1. The number of ether oxygens (including phenoxy) is 2. The predicted octanol–water partition coefficient (Wildman–Crippen LogP) is 5.23. The second kappa shape index (κ2) is 10.4. The lowest BCUT2D eigenvalue weighted by Crippen LogP contribution is -2.23. The molecule has 3 aromatic heterocycles. The molecule has 2 aromatic carbocycles. The van der Waals surface area contributed by atoms with Gasteiger partial charge >= 0.3 is 0 Å². The molecule has 3 heterocycles. The van der Waals surface area contributed by atoms with Crippen LogP contribution < -0.4 is 20.6 Å². The highest BCUT2D eigenvalue weighted by Gasteiger charge is 2.18. The van der Waals surface area contributed by atoms with E-state index in [1.807, 2.05) is 0 Å². The van der Waals surface area contributed by atoms with Gasteiger partial charge in [0.15, 0.2) is 11.5 Å². The Morgan fingerprint density at radius 3 is 1.53 bits per heavy atom. The van der Waals surface area contributed by atoms with Crippen LogP contribution in [-0.2, 0) is 13.1 Å². The minimum atomic E-state index is -0.376. The molecule has 0 N–H and O–H groups in total. The van der Waals surface area contributed by atoms with Crippen LogP contribution in [0.25, 0.3) is 21.8 Å². The number of hydrogen-bond donors (Lipinski definition) is 0. The molecule has 38 heavy (non-hydrogen) atoms. The van der Waals surface area contributed by atoms with Crippen molar-refractivity contribution >= 4 is 68.2 Å². The Kier molecular flexibility index (Phi) is 7.19. The molecular formula is C25H17Cl4N5O4. The highest BCUT2D eigenvalue weighted by Crippen LogP contribution is 2.36. The van der Waals surface area contributed by atoms with Crippen molar-refractivity contribution in [2.75, 3.05) is 14.2 Å². The second-order valence-electron chi connectivity index (χ2n) is 8.17. The average Bonchev–Trinajstić information content (AvgIpc) is 2.87. The molecule has 0 aliphatic rings. The summed E-state index contributed by atoms with van der Waals surface area (Å²) < 4.78 is 13.4. The van der Waals surface area contributed by atoms with Crippen LogP contribution in [0.1, 0.15) is 11.4 Å². The van der Waals surface area contributed by atoms with E-state index in [2.05, 4.69) is 15.0 Å². The molecule has 5 rings (SSSR count). The van der Waals surface area contributed by atoms with Crippen LogP contribution in [-0.4, -0.2) is 38.3 Å². The number of aromatic nitrogens is 5. The molecule has 0 bridgehead atoms. The van der Waals surface area contributed by atoms with Crippen molar-refractivity contribution in [1.29, 1.82) is 0 Å². The van der Waals surface area contributed by atoms with Crippen LogP contribution in [0.2, 0.25) is 20.1 Å². The maximum Gasteiger partial charge on any atom is 0.263 e. The van der Waals surface area contributed by atoms with Crippen LogP contribution in [0.4, 0.5) is 0 Å². The maximum atomic E-state index is 13.2. The number of fused-ring (bicyclic) bond motifs is 2. The zero-order valence-corrected chi connectivity index (χ0v) is 22.9. The molecule has 194 valence electrons. The Bertz CT molecular complexity index is 1720. The van der Waals surface area contributed by atoms with Crippen LogP contribution in [0.5, 0.6) is 11.5 Å². The van der Waals surface area contributed by atoms with Crippen molar-refractivity contribution in [2.24, 2.45) is 0 Å². The van der Waals surface area contributed by atoms with E-state index in [9.17, 15) is 9.59 Å². The van der Waals surface area contributed by atoms with Gasteiger partial charge in [-0.15, -0.1) is 0 Å². The first-order valence-corrected chi connectivity index (χ1v) is 12.5. The van der Waals surface area contributed by atoms with Crippen molar-refractivity contribution in [2.45, 2.75) is 13.1 Å². The molecular weight excluding hydrogens is 576 g/mol. The lowest BCUT2D eigenvalue weighted by atomic mass is 10.2. The minimum absolute atomic E-state index is 0.114. The van der Waals surface area contributed by atoms with Crippen molar-refractivity contribution in [1.82, 2.24) is 24.1 Å². The standard InChI is InChI=1S/C25H17Cl4N5O4/c1-37-22-16(28)6-14(26)18-20(22)30-10-33(24(18)35)8-12-4-3-5-13(32-12)9-34-11-31-21-19(25(34)36)15(27)7-17(29)23(21)38-2/h3-7,10-11H,8-9H2,1-2H3. The number of rotatable bonds is 6. The minimum Gasteiger partial charge on any atom is -0.493 e. The van der Waals surface area contributed by atoms with Gasteiger partial charge in [-0.25, -0.2) is 9.97 Å².